The summed E-state index contributed by atoms with van der Waals surface area (Å²) in [6.45, 7) is 6.38. The van der Waals surface area contributed by atoms with Gasteiger partial charge in [0.25, 0.3) is 0 Å². The van der Waals surface area contributed by atoms with Crippen molar-refractivity contribution in [3.05, 3.63) is 34.9 Å². The molecule has 0 saturated carbocycles. The number of aliphatic carboxylic acids is 1. The highest BCUT2D eigenvalue weighted by atomic mass is 35.5. The molecule has 36 heavy (non-hydrogen) atoms. The van der Waals surface area contributed by atoms with Gasteiger partial charge in [0, 0.05) is 11.6 Å². The first-order chi connectivity index (χ1) is 17.3. The van der Waals surface area contributed by atoms with E-state index >= 15 is 0 Å². The van der Waals surface area contributed by atoms with Crippen LogP contribution in [-0.2, 0) is 18.8 Å². The summed E-state index contributed by atoms with van der Waals surface area (Å²) in [7, 11) is -0.541. The van der Waals surface area contributed by atoms with Crippen LogP contribution in [0.4, 0.5) is 0 Å². The van der Waals surface area contributed by atoms with Gasteiger partial charge in [0.15, 0.2) is 0 Å². The molecule has 0 radical (unpaired) electrons. The fourth-order valence-electron chi connectivity index (χ4n) is 4.06. The van der Waals surface area contributed by atoms with Gasteiger partial charge in [0.1, 0.15) is 0 Å². The Kier molecular flexibility index (Phi) is 18.8. The first kappa shape index (κ1) is 33.4. The Hall–Kier alpha value is -0.650. The first-order valence-electron chi connectivity index (χ1n) is 13.5. The van der Waals surface area contributed by atoms with Gasteiger partial charge in [-0.1, -0.05) is 69.2 Å². The van der Waals surface area contributed by atoms with Gasteiger partial charge in [-0.25, -0.2) is 4.79 Å². The van der Waals surface area contributed by atoms with Crippen molar-refractivity contribution in [3.8, 4) is 0 Å². The van der Waals surface area contributed by atoms with Crippen molar-refractivity contribution in [3.63, 3.8) is 0 Å². The third kappa shape index (κ3) is 14.9. The quantitative estimate of drug-likeness (QED) is 0.106. The zero-order chi connectivity index (χ0) is 26.7. The number of carboxylic acid groups (broad SMARTS) is 1. The molecular formula is C28H46ClO5PS. The number of benzene rings is 1. The van der Waals surface area contributed by atoms with Crippen LogP contribution in [0.3, 0.4) is 0 Å². The maximum Gasteiger partial charge on any atom is 0.347 e. The number of hydrogen-bond acceptors (Lipinski definition) is 5. The molecule has 0 amide bonds. The minimum atomic E-state index is -1.67. The standard InChI is InChI=1S/C28H46ClO5PS/c1-4-12-24(25-14-16-26(29)17-15-25)18-22-36-21-10-8-6-5-7-9-13-23(2)33-19-11-20-34-28(3,35-32)27(30)31/h14-17,23-24H,4-13,18-22H2,1-3H3,(H,30,31). The van der Waals surface area contributed by atoms with E-state index in [9.17, 15) is 9.36 Å². The highest BCUT2D eigenvalue weighted by Crippen LogP contribution is 2.28. The normalized spacial score (nSPS) is 15.0. The molecule has 0 aliphatic carbocycles. The van der Waals surface area contributed by atoms with Gasteiger partial charge in [-0.05, 0) is 81.1 Å². The van der Waals surface area contributed by atoms with Crippen molar-refractivity contribution in [2.75, 3.05) is 24.7 Å². The molecule has 0 aliphatic rings. The SMILES string of the molecule is CCCC(CCSCCCCCCCCC(C)OCCCOC(C)(P=O)C(=O)O)c1ccc(Cl)cc1. The molecule has 3 atom stereocenters. The second-order valence-electron chi connectivity index (χ2n) is 9.61. The summed E-state index contributed by atoms with van der Waals surface area (Å²) in [5.41, 5.74) is 1.43. The molecule has 8 heteroatoms. The van der Waals surface area contributed by atoms with E-state index in [0.717, 1.165) is 11.4 Å². The summed E-state index contributed by atoms with van der Waals surface area (Å²) in [6.07, 6.45) is 13.1. The third-order valence-electron chi connectivity index (χ3n) is 6.38. The highest BCUT2D eigenvalue weighted by Gasteiger charge is 2.35. The Morgan fingerprint density at radius 1 is 1.00 bits per heavy atom. The molecule has 0 bridgehead atoms. The molecule has 0 spiro atoms. The molecular weight excluding hydrogens is 515 g/mol. The van der Waals surface area contributed by atoms with Crippen LogP contribution in [-0.4, -0.2) is 47.2 Å². The number of carbonyl (C=O) groups is 1. The summed E-state index contributed by atoms with van der Waals surface area (Å²) in [4.78, 5) is 11.0. The molecule has 0 fully saturated rings. The predicted molar refractivity (Wildman–Crippen MR) is 153 cm³/mol. The lowest BCUT2D eigenvalue weighted by atomic mass is 9.92. The smallest absolute Gasteiger partial charge is 0.347 e. The number of unbranched alkanes of at least 4 members (excludes halogenated alkanes) is 5. The van der Waals surface area contributed by atoms with Gasteiger partial charge in [0.05, 0.1) is 12.7 Å². The molecule has 0 saturated heterocycles. The van der Waals surface area contributed by atoms with Crippen LogP contribution >= 0.6 is 31.8 Å². The van der Waals surface area contributed by atoms with Crippen LogP contribution in [0.2, 0.25) is 5.02 Å². The maximum atomic E-state index is 11.0. The monoisotopic (exact) mass is 560 g/mol. The van der Waals surface area contributed by atoms with Gasteiger partial charge in [-0.2, -0.15) is 11.8 Å². The van der Waals surface area contributed by atoms with E-state index in [1.165, 1.54) is 81.8 Å². The van der Waals surface area contributed by atoms with Crippen LogP contribution in [0.1, 0.15) is 103 Å². The lowest BCUT2D eigenvalue weighted by Crippen LogP contribution is -2.32. The Morgan fingerprint density at radius 2 is 1.67 bits per heavy atom. The Morgan fingerprint density at radius 3 is 2.31 bits per heavy atom. The van der Waals surface area contributed by atoms with Gasteiger partial charge in [0.2, 0.25) is 13.8 Å². The van der Waals surface area contributed by atoms with Crippen molar-refractivity contribution in [1.29, 1.82) is 0 Å². The molecule has 0 aliphatic heterocycles. The lowest BCUT2D eigenvalue weighted by Gasteiger charge is -2.18. The zero-order valence-corrected chi connectivity index (χ0v) is 24.9. The third-order valence-corrected chi connectivity index (χ3v) is 8.41. The molecule has 206 valence electrons. The topological polar surface area (TPSA) is 72.8 Å². The van der Waals surface area contributed by atoms with Crippen LogP contribution in [0.5, 0.6) is 0 Å². The van der Waals surface area contributed by atoms with E-state index in [-0.39, 0.29) is 12.7 Å². The molecule has 0 heterocycles. The first-order valence-corrected chi connectivity index (χ1v) is 15.8. The second-order valence-corrected chi connectivity index (χ2v) is 12.3. The number of halogens is 1. The molecule has 3 unspecified atom stereocenters. The fourth-order valence-corrected chi connectivity index (χ4v) is 5.47. The number of carboxylic acids is 1. The largest absolute Gasteiger partial charge is 0.479 e. The molecule has 1 aromatic carbocycles. The minimum absolute atomic E-state index is 0.189. The van der Waals surface area contributed by atoms with Gasteiger partial charge in [-0.3, -0.25) is 4.57 Å². The number of ether oxygens (including phenoxy) is 2. The van der Waals surface area contributed by atoms with Gasteiger partial charge in [-0.15, -0.1) is 0 Å². The van der Waals surface area contributed by atoms with Crippen LogP contribution in [0.15, 0.2) is 24.3 Å². The summed E-state index contributed by atoms with van der Waals surface area (Å²) < 4.78 is 22.0. The van der Waals surface area contributed by atoms with E-state index in [1.807, 2.05) is 12.1 Å². The maximum absolute atomic E-state index is 11.0. The van der Waals surface area contributed by atoms with Gasteiger partial charge < -0.3 is 14.6 Å². The number of hydrogen-bond donors (Lipinski definition) is 1. The summed E-state index contributed by atoms with van der Waals surface area (Å²) in [5, 5.41) is 8.16. The van der Waals surface area contributed by atoms with Crippen LogP contribution in [0, 0.1) is 0 Å². The number of rotatable bonds is 23. The predicted octanol–water partition coefficient (Wildman–Crippen LogP) is 8.98. The summed E-state index contributed by atoms with van der Waals surface area (Å²) in [5.74, 6) is 1.91. The lowest BCUT2D eigenvalue weighted by molar-refractivity contribution is -0.153. The Bertz CT molecular complexity index is 720. The van der Waals surface area contributed by atoms with Crippen molar-refractivity contribution >= 4 is 37.8 Å². The number of thioether (sulfide) groups is 1. The molecule has 0 aromatic heterocycles. The van der Waals surface area contributed by atoms with Crippen molar-refractivity contribution in [2.45, 2.75) is 109 Å². The van der Waals surface area contributed by atoms with E-state index in [4.69, 9.17) is 26.2 Å². The van der Waals surface area contributed by atoms with E-state index in [2.05, 4.69) is 37.7 Å². The highest BCUT2D eigenvalue weighted by molar-refractivity contribution is 7.99. The second kappa shape index (κ2) is 20.3. The fraction of sp³-hybridized carbons (Fsp3) is 0.750. The van der Waals surface area contributed by atoms with E-state index in [0.29, 0.717) is 18.9 Å². The Balaban J connectivity index is 1.96. The van der Waals surface area contributed by atoms with Crippen LogP contribution in [0.25, 0.3) is 0 Å². The van der Waals surface area contributed by atoms with E-state index in [1.54, 1.807) is 0 Å². The average Bonchev–Trinajstić information content (AvgIpc) is 2.86. The summed E-state index contributed by atoms with van der Waals surface area (Å²) >= 11 is 8.13. The molecule has 1 N–H and O–H groups in total. The van der Waals surface area contributed by atoms with Crippen molar-refractivity contribution in [1.82, 2.24) is 0 Å². The van der Waals surface area contributed by atoms with Gasteiger partial charge >= 0.3 is 5.97 Å². The molecule has 1 aromatic rings. The zero-order valence-electron chi connectivity index (χ0n) is 22.4. The minimum Gasteiger partial charge on any atom is -0.479 e. The summed E-state index contributed by atoms with van der Waals surface area (Å²) in [6, 6.07) is 8.39. The Labute approximate surface area is 229 Å². The van der Waals surface area contributed by atoms with Crippen molar-refractivity contribution < 1.29 is 23.9 Å². The average molecular weight is 561 g/mol. The van der Waals surface area contributed by atoms with Crippen molar-refractivity contribution in [2.24, 2.45) is 0 Å². The van der Waals surface area contributed by atoms with Crippen LogP contribution < -0.4 is 0 Å². The molecule has 1 rings (SSSR count). The molecule has 5 nitrogen and oxygen atoms in total. The van der Waals surface area contributed by atoms with E-state index < -0.39 is 19.8 Å².